The molecule has 1 aliphatic rings. The van der Waals surface area contributed by atoms with Crippen LogP contribution in [0.2, 0.25) is 0 Å². The molecule has 3 N–H and O–H groups in total. The van der Waals surface area contributed by atoms with Gasteiger partial charge in [-0.15, -0.1) is 0 Å². The van der Waals surface area contributed by atoms with Crippen molar-refractivity contribution in [2.75, 3.05) is 13.7 Å². The van der Waals surface area contributed by atoms with Crippen molar-refractivity contribution in [1.29, 1.82) is 0 Å². The number of hydrazine groups is 1. The van der Waals surface area contributed by atoms with Crippen molar-refractivity contribution in [2.45, 2.75) is 25.7 Å². The highest BCUT2D eigenvalue weighted by molar-refractivity contribution is 8.26. The smallest absolute Gasteiger partial charge is 0.273 e. The van der Waals surface area contributed by atoms with E-state index in [4.69, 9.17) is 17.0 Å². The topological polar surface area (TPSA) is 108 Å². The second-order valence-corrected chi connectivity index (χ2v) is 9.11. The SMILES string of the molecule is COc1ccc(/C=C2\SC(=S)N(CCCCCC(=O)NNC(=O)c3ccccc3O)C2=O)cc1. The molecule has 0 unspecified atom stereocenters. The van der Waals surface area contributed by atoms with Crippen molar-refractivity contribution < 1.29 is 24.2 Å². The molecular formula is C24H25N3O5S2. The van der Waals surface area contributed by atoms with E-state index in [1.165, 1.54) is 23.9 Å². The van der Waals surface area contributed by atoms with Crippen LogP contribution in [0.1, 0.15) is 41.6 Å². The Kier molecular flexibility index (Phi) is 9.06. The zero-order valence-electron chi connectivity index (χ0n) is 18.6. The number of nitrogens with one attached hydrogen (secondary N) is 2. The number of phenols is 1. The molecule has 0 aromatic heterocycles. The summed E-state index contributed by atoms with van der Waals surface area (Å²) in [6.45, 7) is 0.482. The molecule has 34 heavy (non-hydrogen) atoms. The van der Waals surface area contributed by atoms with Crippen molar-refractivity contribution in [3.8, 4) is 11.5 Å². The number of thiocarbonyl (C=S) groups is 1. The summed E-state index contributed by atoms with van der Waals surface area (Å²) in [6.07, 6.45) is 4.04. The second kappa shape index (κ2) is 12.2. The Labute approximate surface area is 207 Å². The normalized spacial score (nSPS) is 14.4. The van der Waals surface area contributed by atoms with E-state index in [1.54, 1.807) is 24.1 Å². The maximum Gasteiger partial charge on any atom is 0.273 e. The number of hydrogen-bond donors (Lipinski definition) is 3. The molecule has 1 fully saturated rings. The van der Waals surface area contributed by atoms with Crippen molar-refractivity contribution in [3.63, 3.8) is 0 Å². The van der Waals surface area contributed by atoms with Crippen LogP contribution in [0.5, 0.6) is 11.5 Å². The van der Waals surface area contributed by atoms with Gasteiger partial charge in [0.05, 0.1) is 17.6 Å². The lowest BCUT2D eigenvalue weighted by atomic mass is 10.1. The largest absolute Gasteiger partial charge is 0.507 e. The number of para-hydroxylation sites is 1. The van der Waals surface area contributed by atoms with Gasteiger partial charge >= 0.3 is 0 Å². The minimum Gasteiger partial charge on any atom is -0.507 e. The van der Waals surface area contributed by atoms with Gasteiger partial charge in [0.1, 0.15) is 15.8 Å². The fourth-order valence-corrected chi connectivity index (χ4v) is 4.51. The predicted octanol–water partition coefficient (Wildman–Crippen LogP) is 3.62. The number of rotatable bonds is 9. The van der Waals surface area contributed by atoms with Gasteiger partial charge in [-0.25, -0.2) is 0 Å². The Balaban J connectivity index is 1.37. The van der Waals surface area contributed by atoms with Crippen LogP contribution in [-0.2, 0) is 9.59 Å². The van der Waals surface area contributed by atoms with Crippen LogP contribution in [0.25, 0.3) is 6.08 Å². The number of hydrogen-bond acceptors (Lipinski definition) is 7. The number of amides is 3. The molecule has 10 heteroatoms. The molecule has 2 aromatic rings. The third-order valence-corrected chi connectivity index (χ3v) is 6.41. The lowest BCUT2D eigenvalue weighted by molar-refractivity contribution is -0.123. The van der Waals surface area contributed by atoms with Crippen LogP contribution in [0, 0.1) is 0 Å². The van der Waals surface area contributed by atoms with E-state index in [-0.39, 0.29) is 29.5 Å². The summed E-state index contributed by atoms with van der Waals surface area (Å²) in [4.78, 5) is 38.8. The van der Waals surface area contributed by atoms with E-state index in [9.17, 15) is 19.5 Å². The molecule has 0 spiro atoms. The van der Waals surface area contributed by atoms with Gasteiger partial charge in [-0.3, -0.25) is 30.1 Å². The number of thioether (sulfide) groups is 1. The summed E-state index contributed by atoms with van der Waals surface area (Å²) in [5.74, 6) is -0.462. The van der Waals surface area contributed by atoms with Gasteiger partial charge < -0.3 is 9.84 Å². The summed E-state index contributed by atoms with van der Waals surface area (Å²) in [7, 11) is 1.60. The Hall–Kier alpha value is -3.37. The molecule has 3 rings (SSSR count). The van der Waals surface area contributed by atoms with Gasteiger partial charge in [0, 0.05) is 13.0 Å². The number of carbonyl (C=O) groups excluding carboxylic acids is 3. The molecule has 0 bridgehead atoms. The predicted molar refractivity (Wildman–Crippen MR) is 135 cm³/mol. The molecule has 3 amide bonds. The van der Waals surface area contributed by atoms with Crippen LogP contribution in [0.4, 0.5) is 0 Å². The fourth-order valence-electron chi connectivity index (χ4n) is 3.20. The molecule has 0 aliphatic carbocycles. The van der Waals surface area contributed by atoms with Crippen LogP contribution in [-0.4, -0.2) is 45.7 Å². The Morgan fingerprint density at radius 2 is 1.82 bits per heavy atom. The Morgan fingerprint density at radius 1 is 1.09 bits per heavy atom. The number of nitrogens with zero attached hydrogens (tertiary/aromatic N) is 1. The van der Waals surface area contributed by atoms with E-state index in [0.717, 1.165) is 17.7 Å². The molecule has 1 heterocycles. The highest BCUT2D eigenvalue weighted by Crippen LogP contribution is 2.33. The summed E-state index contributed by atoms with van der Waals surface area (Å²) in [5.41, 5.74) is 5.59. The molecular weight excluding hydrogens is 474 g/mol. The zero-order chi connectivity index (χ0) is 24.5. The molecule has 1 saturated heterocycles. The molecule has 0 radical (unpaired) electrons. The quantitative estimate of drug-likeness (QED) is 0.209. The number of methoxy groups -OCH3 is 1. The van der Waals surface area contributed by atoms with Crippen molar-refractivity contribution in [3.05, 3.63) is 64.6 Å². The number of benzene rings is 2. The molecule has 0 atom stereocenters. The lowest BCUT2D eigenvalue weighted by Gasteiger charge is -2.14. The van der Waals surface area contributed by atoms with Gasteiger partial charge in [0.15, 0.2) is 0 Å². The first kappa shape index (κ1) is 25.3. The molecule has 1 aliphatic heterocycles. The van der Waals surface area contributed by atoms with Crippen LogP contribution in [0.15, 0.2) is 53.4 Å². The van der Waals surface area contributed by atoms with Gasteiger partial charge in [0.2, 0.25) is 5.91 Å². The number of phenolic OH excluding ortho intramolecular Hbond substituents is 1. The zero-order valence-corrected chi connectivity index (χ0v) is 20.2. The van der Waals surface area contributed by atoms with Crippen molar-refractivity contribution in [1.82, 2.24) is 15.8 Å². The number of unbranched alkanes of at least 4 members (excludes halogenated alkanes) is 2. The number of carbonyl (C=O) groups is 3. The van der Waals surface area contributed by atoms with E-state index in [0.29, 0.717) is 28.6 Å². The molecule has 2 aromatic carbocycles. The highest BCUT2D eigenvalue weighted by Gasteiger charge is 2.31. The summed E-state index contributed by atoms with van der Waals surface area (Å²) in [5, 5.41) is 9.66. The monoisotopic (exact) mass is 499 g/mol. The van der Waals surface area contributed by atoms with Crippen LogP contribution < -0.4 is 15.6 Å². The van der Waals surface area contributed by atoms with E-state index in [2.05, 4.69) is 10.9 Å². The summed E-state index contributed by atoms with van der Waals surface area (Å²) >= 11 is 6.64. The molecule has 178 valence electrons. The third-order valence-electron chi connectivity index (χ3n) is 5.04. The van der Waals surface area contributed by atoms with E-state index < -0.39 is 5.91 Å². The maximum absolute atomic E-state index is 12.7. The van der Waals surface area contributed by atoms with Gasteiger partial charge in [-0.2, -0.15) is 0 Å². The van der Waals surface area contributed by atoms with Crippen molar-refractivity contribution in [2.24, 2.45) is 0 Å². The van der Waals surface area contributed by atoms with Crippen LogP contribution in [0.3, 0.4) is 0 Å². The average molecular weight is 500 g/mol. The number of aromatic hydroxyl groups is 1. The Morgan fingerprint density at radius 3 is 2.53 bits per heavy atom. The standard InChI is InChI=1S/C24H25N3O5S2/c1-32-17-12-10-16(11-13-17)15-20-23(31)27(24(33)34-20)14-6-2-3-9-21(29)25-26-22(30)18-7-4-5-8-19(18)28/h4-5,7-8,10-13,15,28H,2-3,6,9,14H2,1H3,(H,25,29)(H,26,30)/b20-15-. The number of ether oxygens (including phenoxy) is 1. The van der Waals surface area contributed by atoms with Crippen molar-refractivity contribution >= 4 is 52.1 Å². The first-order chi connectivity index (χ1) is 16.4. The summed E-state index contributed by atoms with van der Waals surface area (Å²) in [6, 6.07) is 13.5. The van der Waals surface area contributed by atoms with E-state index in [1.807, 2.05) is 30.3 Å². The van der Waals surface area contributed by atoms with Gasteiger partial charge in [0.25, 0.3) is 11.8 Å². The lowest BCUT2D eigenvalue weighted by Crippen LogP contribution is -2.41. The molecule has 0 saturated carbocycles. The summed E-state index contributed by atoms with van der Waals surface area (Å²) < 4.78 is 5.67. The van der Waals surface area contributed by atoms with Crippen LogP contribution >= 0.6 is 24.0 Å². The first-order valence-electron chi connectivity index (χ1n) is 10.7. The maximum atomic E-state index is 12.7. The Bertz CT molecular complexity index is 1100. The highest BCUT2D eigenvalue weighted by atomic mass is 32.2. The molecule has 8 nitrogen and oxygen atoms in total. The van der Waals surface area contributed by atoms with E-state index >= 15 is 0 Å². The first-order valence-corrected chi connectivity index (χ1v) is 11.9. The van der Waals surface area contributed by atoms with Gasteiger partial charge in [-0.05, 0) is 48.7 Å². The third kappa shape index (κ3) is 6.82. The minimum atomic E-state index is -0.594. The second-order valence-electron chi connectivity index (χ2n) is 7.44. The fraction of sp³-hybridized carbons (Fsp3) is 0.250. The average Bonchev–Trinajstić information content (AvgIpc) is 3.10. The minimum absolute atomic E-state index is 0.0762. The van der Waals surface area contributed by atoms with Gasteiger partial charge in [-0.1, -0.05) is 54.7 Å².